The number of rotatable bonds is 9. The van der Waals surface area contributed by atoms with E-state index in [4.69, 9.17) is 0 Å². The summed E-state index contributed by atoms with van der Waals surface area (Å²) in [7, 11) is 0. The van der Waals surface area contributed by atoms with E-state index in [0.717, 1.165) is 18.5 Å². The third kappa shape index (κ3) is 8.94. The molecule has 2 heterocycles. The van der Waals surface area contributed by atoms with Crippen molar-refractivity contribution >= 4 is 57.2 Å². The third-order valence-corrected chi connectivity index (χ3v) is 19.3. The van der Waals surface area contributed by atoms with Crippen molar-refractivity contribution < 1.29 is 0 Å². The molecule has 82 heavy (non-hydrogen) atoms. The minimum atomic E-state index is -0.263. The number of aryl methyl sites for hydroxylation is 1. The molecule has 0 saturated heterocycles. The quantitative estimate of drug-likeness (QED) is 0.133. The van der Waals surface area contributed by atoms with Gasteiger partial charge in [-0.15, -0.1) is 0 Å². The predicted octanol–water partition coefficient (Wildman–Crippen LogP) is 19.4. The maximum Gasteiger partial charge on any atom is 0.252 e. The van der Waals surface area contributed by atoms with E-state index in [1.54, 1.807) is 0 Å². The van der Waals surface area contributed by atoms with E-state index >= 15 is 0 Å². The molecule has 10 aromatic carbocycles. The summed E-state index contributed by atoms with van der Waals surface area (Å²) >= 11 is 0. The van der Waals surface area contributed by atoms with Crippen LogP contribution >= 0.6 is 0 Å². The van der Waals surface area contributed by atoms with Gasteiger partial charge in [0.1, 0.15) is 0 Å². The van der Waals surface area contributed by atoms with Crippen LogP contribution in [-0.4, -0.2) is 6.71 Å². The highest BCUT2D eigenvalue weighted by atomic mass is 15.2. The number of fused-ring (bicyclic) bond motifs is 5. The molecule has 2 nitrogen and oxygen atoms in total. The molecule has 0 saturated carbocycles. The van der Waals surface area contributed by atoms with Crippen molar-refractivity contribution in [2.24, 2.45) is 0 Å². The van der Waals surface area contributed by atoms with Crippen molar-refractivity contribution in [2.45, 2.75) is 123 Å². The van der Waals surface area contributed by atoms with Crippen molar-refractivity contribution in [3.8, 4) is 33.4 Å². The minimum Gasteiger partial charge on any atom is -0.311 e. The first-order chi connectivity index (χ1) is 39.2. The van der Waals surface area contributed by atoms with E-state index in [-0.39, 0.29) is 33.8 Å². The second-order valence-electron chi connectivity index (χ2n) is 27.4. The highest BCUT2D eigenvalue weighted by Gasteiger charge is 2.47. The van der Waals surface area contributed by atoms with Crippen LogP contribution in [0.4, 0.5) is 34.1 Å². The summed E-state index contributed by atoms with van der Waals surface area (Å²) in [4.78, 5) is 5.35. The third-order valence-electron chi connectivity index (χ3n) is 19.3. The Hall–Kier alpha value is -8.14. The van der Waals surface area contributed by atoms with E-state index in [0.29, 0.717) is 0 Å². The predicted molar refractivity (Wildman–Crippen MR) is 353 cm³/mol. The summed E-state index contributed by atoms with van der Waals surface area (Å²) in [5, 5.41) is 0. The zero-order valence-corrected chi connectivity index (χ0v) is 50.2. The largest absolute Gasteiger partial charge is 0.311 e. The first kappa shape index (κ1) is 53.2. The van der Waals surface area contributed by atoms with Gasteiger partial charge in [0.25, 0.3) is 6.71 Å². The van der Waals surface area contributed by atoms with Crippen molar-refractivity contribution in [3.63, 3.8) is 0 Å². The molecule has 3 heteroatoms. The normalized spacial score (nSPS) is 15.1. The zero-order valence-electron chi connectivity index (χ0n) is 50.2. The molecule has 0 fully saturated rings. The Morgan fingerprint density at radius 3 is 1.39 bits per heavy atom. The molecule has 0 unspecified atom stereocenters. The van der Waals surface area contributed by atoms with Crippen molar-refractivity contribution in [1.29, 1.82) is 0 Å². The lowest BCUT2D eigenvalue weighted by atomic mass is 9.33. The number of anilines is 6. The van der Waals surface area contributed by atoms with Crippen LogP contribution in [0.2, 0.25) is 0 Å². The molecule has 0 radical (unpaired) electrons. The fourth-order valence-corrected chi connectivity index (χ4v) is 14.0. The zero-order chi connectivity index (χ0) is 57.1. The van der Waals surface area contributed by atoms with Crippen LogP contribution in [0.1, 0.15) is 134 Å². The Kier molecular flexibility index (Phi) is 12.7. The summed E-state index contributed by atoms with van der Waals surface area (Å²) in [5.74, 6) is 0. The van der Waals surface area contributed by atoms with E-state index in [1.807, 2.05) is 0 Å². The van der Waals surface area contributed by atoms with Gasteiger partial charge in [-0.1, -0.05) is 234 Å². The second-order valence-corrected chi connectivity index (χ2v) is 27.4. The summed E-state index contributed by atoms with van der Waals surface area (Å²) in [6.45, 7) is 28.8. The average molecular weight is 1070 g/mol. The van der Waals surface area contributed by atoms with Gasteiger partial charge in [0.05, 0.1) is 5.69 Å². The van der Waals surface area contributed by atoms with E-state index in [2.05, 4.69) is 317 Å². The fraction of sp³-hybridized carbons (Fsp3) is 0.241. The number of hydrogen-bond donors (Lipinski definition) is 0. The van der Waals surface area contributed by atoms with Crippen LogP contribution in [0.5, 0.6) is 0 Å². The maximum atomic E-state index is 2.71. The molecule has 0 N–H and O–H groups in total. The van der Waals surface area contributed by atoms with Gasteiger partial charge in [0.15, 0.2) is 0 Å². The second kappa shape index (κ2) is 19.5. The summed E-state index contributed by atoms with van der Waals surface area (Å²) < 4.78 is 0. The first-order valence-electron chi connectivity index (χ1n) is 29.9. The van der Waals surface area contributed by atoms with Crippen LogP contribution in [0.25, 0.3) is 33.4 Å². The van der Waals surface area contributed by atoms with Gasteiger partial charge in [-0.05, 0) is 191 Å². The molecule has 0 spiro atoms. The highest BCUT2D eigenvalue weighted by molar-refractivity contribution is 7.00. The molecule has 2 aliphatic heterocycles. The van der Waals surface area contributed by atoms with Gasteiger partial charge in [-0.3, -0.25) is 0 Å². The van der Waals surface area contributed by atoms with E-state index in [1.165, 1.54) is 123 Å². The van der Waals surface area contributed by atoms with Gasteiger partial charge < -0.3 is 9.80 Å². The molecular weight excluding hydrogens is 988 g/mol. The standard InChI is InChI=1S/C79H77BN2/c1-52-42-72-74-73(43-52)82(69-39-37-60(75(2,3)4)48-64(69)57-45-55(53-26-17-13-18-27-53)44-56(46-57)54-28-19-14-20-29-54)71-51-66-65(76(5,6)40-41-77(66,7)8)50-68(71)80(74)67-38-36-62(79(11,12)59-32-23-16-24-33-59)49-70(67)81(72)63-35-25-34-61(47-63)78(9,10)58-30-21-15-22-31-58/h13-39,42-51H,40-41H2,1-12H3. The number of hydrogen-bond acceptors (Lipinski definition) is 2. The molecule has 0 amide bonds. The molecule has 0 bridgehead atoms. The maximum absolute atomic E-state index is 2.71. The van der Waals surface area contributed by atoms with E-state index < -0.39 is 0 Å². The lowest BCUT2D eigenvalue weighted by molar-refractivity contribution is 0.332. The number of benzene rings is 10. The van der Waals surface area contributed by atoms with E-state index in [9.17, 15) is 0 Å². The van der Waals surface area contributed by atoms with Crippen molar-refractivity contribution in [3.05, 3.63) is 269 Å². The topological polar surface area (TPSA) is 6.48 Å². The van der Waals surface area contributed by atoms with Gasteiger partial charge >= 0.3 is 0 Å². The summed E-state index contributed by atoms with van der Waals surface area (Å²) in [6, 6.07) is 85.9. The molecule has 0 atom stereocenters. The van der Waals surface area contributed by atoms with Crippen molar-refractivity contribution in [1.82, 2.24) is 0 Å². The summed E-state index contributed by atoms with van der Waals surface area (Å²) in [6.07, 6.45) is 2.27. The molecule has 3 aliphatic rings. The van der Waals surface area contributed by atoms with Crippen LogP contribution in [-0.2, 0) is 27.1 Å². The average Bonchev–Trinajstić information content (AvgIpc) is 3.65. The Labute approximate surface area is 489 Å². The molecule has 13 rings (SSSR count). The van der Waals surface area contributed by atoms with Crippen LogP contribution < -0.4 is 26.2 Å². The first-order valence-corrected chi connectivity index (χ1v) is 29.9. The lowest BCUT2D eigenvalue weighted by Crippen LogP contribution is -2.62. The molecule has 0 aromatic heterocycles. The van der Waals surface area contributed by atoms with Gasteiger partial charge in [-0.25, -0.2) is 0 Å². The Morgan fingerprint density at radius 1 is 0.354 bits per heavy atom. The summed E-state index contributed by atoms with van der Waals surface area (Å²) in [5.41, 5.74) is 28.6. The van der Waals surface area contributed by atoms with Crippen molar-refractivity contribution in [2.75, 3.05) is 9.80 Å². The fourth-order valence-electron chi connectivity index (χ4n) is 14.0. The lowest BCUT2D eigenvalue weighted by Gasteiger charge is -2.48. The Bertz CT molecular complexity index is 4030. The molecule has 406 valence electrons. The Balaban J connectivity index is 1.13. The smallest absolute Gasteiger partial charge is 0.252 e. The van der Waals surface area contributed by atoms with Crippen LogP contribution in [0.15, 0.2) is 224 Å². The molecule has 1 aliphatic carbocycles. The van der Waals surface area contributed by atoms with Gasteiger partial charge in [-0.2, -0.15) is 0 Å². The van der Waals surface area contributed by atoms with Crippen LogP contribution in [0, 0.1) is 6.92 Å². The highest BCUT2D eigenvalue weighted by Crippen LogP contribution is 2.53. The number of nitrogens with zero attached hydrogens (tertiary/aromatic N) is 2. The SMILES string of the molecule is Cc1cc2c3c(c1)N(c1ccc(C(C)(C)C)cc1-c1cc(-c4ccccc4)cc(-c4ccccc4)c1)c1cc4c(cc1B3c1ccc(C(C)(C)c3ccccc3)cc1N2c1cccc(C(C)(C)c2ccccc2)c1)C(C)(C)CCC4(C)C. The van der Waals surface area contributed by atoms with Gasteiger partial charge in [0.2, 0.25) is 0 Å². The van der Waals surface area contributed by atoms with Crippen LogP contribution in [0.3, 0.4) is 0 Å². The minimum absolute atomic E-state index is 0.00851. The monoisotopic (exact) mass is 1060 g/mol. The Morgan fingerprint density at radius 2 is 0.829 bits per heavy atom. The molecular formula is C79H77BN2. The van der Waals surface area contributed by atoms with Gasteiger partial charge in [0, 0.05) is 44.8 Å². The molecule has 10 aromatic rings.